The third-order valence-corrected chi connectivity index (χ3v) is 4.36. The predicted molar refractivity (Wildman–Crippen MR) is 107 cm³/mol. The monoisotopic (exact) mass is 377 g/mol. The maximum atomic E-state index is 12.3. The van der Waals surface area contributed by atoms with Gasteiger partial charge in [-0.3, -0.25) is 9.78 Å². The summed E-state index contributed by atoms with van der Waals surface area (Å²) >= 11 is 0. The number of rotatable bonds is 8. The van der Waals surface area contributed by atoms with Crippen molar-refractivity contribution >= 4 is 11.7 Å². The number of ether oxygens (including phenoxy) is 1. The summed E-state index contributed by atoms with van der Waals surface area (Å²) in [5.74, 6) is 1.25. The van der Waals surface area contributed by atoms with Crippen molar-refractivity contribution in [1.82, 2.24) is 20.3 Å². The highest BCUT2D eigenvalue weighted by molar-refractivity contribution is 5.91. The summed E-state index contributed by atoms with van der Waals surface area (Å²) in [7, 11) is 3.57. The molecule has 7 nitrogen and oxygen atoms in total. The summed E-state index contributed by atoms with van der Waals surface area (Å²) in [5.41, 5.74) is 2.48. The highest BCUT2D eigenvalue weighted by atomic mass is 16.5. The van der Waals surface area contributed by atoms with Gasteiger partial charge in [0.05, 0.1) is 19.5 Å². The fraction of sp³-hybridized carbons (Fsp3) is 0.238. The molecule has 0 radical (unpaired) electrons. The Labute approximate surface area is 164 Å². The molecule has 2 aromatic heterocycles. The Morgan fingerprint density at radius 3 is 2.43 bits per heavy atom. The van der Waals surface area contributed by atoms with Crippen LogP contribution in [-0.4, -0.2) is 41.6 Å². The van der Waals surface area contributed by atoms with Gasteiger partial charge in [0.2, 0.25) is 0 Å². The van der Waals surface area contributed by atoms with E-state index in [9.17, 15) is 4.79 Å². The zero-order valence-corrected chi connectivity index (χ0v) is 16.0. The molecule has 0 saturated heterocycles. The van der Waals surface area contributed by atoms with Gasteiger partial charge in [0.1, 0.15) is 17.3 Å². The number of amides is 1. The zero-order valence-electron chi connectivity index (χ0n) is 16.0. The molecule has 0 spiro atoms. The topological polar surface area (TPSA) is 80.2 Å². The number of aromatic nitrogens is 3. The van der Waals surface area contributed by atoms with Crippen LogP contribution < -0.4 is 15.0 Å². The van der Waals surface area contributed by atoms with Crippen molar-refractivity contribution in [2.75, 3.05) is 25.6 Å². The third kappa shape index (κ3) is 5.26. The number of methoxy groups -OCH3 is 1. The fourth-order valence-electron chi connectivity index (χ4n) is 2.61. The van der Waals surface area contributed by atoms with Crippen molar-refractivity contribution in [3.63, 3.8) is 0 Å². The van der Waals surface area contributed by atoms with Crippen LogP contribution >= 0.6 is 0 Å². The summed E-state index contributed by atoms with van der Waals surface area (Å²) in [6.45, 7) is 1.21. The molecule has 3 rings (SSSR count). The standard InChI is InChI=1S/C21H23N5O2/c1-26(12-9-16-7-10-22-11-8-16)20-15-23-19(14-24-20)21(27)25-13-17-3-5-18(28-2)6-4-17/h3-8,10-11,14-15H,9,12-13H2,1-2H3,(H,25,27). The first-order valence-electron chi connectivity index (χ1n) is 8.99. The van der Waals surface area contributed by atoms with Crippen molar-refractivity contribution in [3.8, 4) is 5.75 Å². The maximum Gasteiger partial charge on any atom is 0.271 e. The second kappa shape index (κ2) is 9.45. The molecule has 144 valence electrons. The van der Waals surface area contributed by atoms with Gasteiger partial charge in [-0.25, -0.2) is 9.97 Å². The van der Waals surface area contributed by atoms with E-state index in [-0.39, 0.29) is 5.91 Å². The van der Waals surface area contributed by atoms with Gasteiger partial charge in [-0.15, -0.1) is 0 Å². The Morgan fingerprint density at radius 1 is 1.04 bits per heavy atom. The number of hydrogen-bond acceptors (Lipinski definition) is 6. The molecule has 0 atom stereocenters. The van der Waals surface area contributed by atoms with Crippen LogP contribution in [0.4, 0.5) is 5.82 Å². The minimum atomic E-state index is -0.255. The van der Waals surface area contributed by atoms with E-state index < -0.39 is 0 Å². The number of nitrogens with zero attached hydrogens (tertiary/aromatic N) is 4. The van der Waals surface area contributed by atoms with E-state index in [0.717, 1.165) is 30.1 Å². The first-order valence-corrected chi connectivity index (χ1v) is 8.99. The second-order valence-electron chi connectivity index (χ2n) is 6.32. The third-order valence-electron chi connectivity index (χ3n) is 4.36. The molecule has 0 aliphatic heterocycles. The summed E-state index contributed by atoms with van der Waals surface area (Å²) < 4.78 is 5.12. The Balaban J connectivity index is 1.51. The van der Waals surface area contributed by atoms with E-state index in [1.165, 1.54) is 11.8 Å². The van der Waals surface area contributed by atoms with Gasteiger partial charge in [0.15, 0.2) is 0 Å². The minimum absolute atomic E-state index is 0.255. The molecule has 1 amide bonds. The summed E-state index contributed by atoms with van der Waals surface area (Å²) in [6, 6.07) is 11.5. The van der Waals surface area contributed by atoms with Crippen molar-refractivity contribution in [1.29, 1.82) is 0 Å². The van der Waals surface area contributed by atoms with Crippen LogP contribution in [0.15, 0.2) is 61.2 Å². The van der Waals surface area contributed by atoms with Gasteiger partial charge in [0, 0.05) is 32.5 Å². The lowest BCUT2D eigenvalue weighted by molar-refractivity contribution is 0.0945. The van der Waals surface area contributed by atoms with E-state index >= 15 is 0 Å². The Bertz CT molecular complexity index is 883. The number of anilines is 1. The molecule has 0 aliphatic carbocycles. The van der Waals surface area contributed by atoms with Crippen LogP contribution in [0.1, 0.15) is 21.6 Å². The van der Waals surface area contributed by atoms with Crippen LogP contribution in [0.25, 0.3) is 0 Å². The Kier molecular flexibility index (Phi) is 6.51. The summed E-state index contributed by atoms with van der Waals surface area (Å²) in [5, 5.41) is 2.85. The van der Waals surface area contributed by atoms with Crippen molar-refractivity contribution in [2.45, 2.75) is 13.0 Å². The molecule has 7 heteroatoms. The van der Waals surface area contributed by atoms with Crippen molar-refractivity contribution in [2.24, 2.45) is 0 Å². The van der Waals surface area contributed by atoms with E-state index in [4.69, 9.17) is 4.74 Å². The average Bonchev–Trinajstić information content (AvgIpc) is 2.77. The molecule has 2 heterocycles. The molecule has 3 aromatic rings. The smallest absolute Gasteiger partial charge is 0.271 e. The Hall–Kier alpha value is -3.48. The molecule has 1 N–H and O–H groups in total. The lowest BCUT2D eigenvalue weighted by Gasteiger charge is -2.17. The van der Waals surface area contributed by atoms with Gasteiger partial charge in [-0.1, -0.05) is 12.1 Å². The molecule has 0 saturated carbocycles. The number of pyridine rings is 1. The van der Waals surface area contributed by atoms with Crippen LogP contribution in [0.3, 0.4) is 0 Å². The molecular weight excluding hydrogens is 354 g/mol. The summed E-state index contributed by atoms with van der Waals surface area (Å²) in [4.78, 5) is 26.9. The molecular formula is C21H23N5O2. The molecule has 0 bridgehead atoms. The van der Waals surface area contributed by atoms with E-state index in [2.05, 4.69) is 20.3 Å². The van der Waals surface area contributed by atoms with Gasteiger partial charge in [0.25, 0.3) is 5.91 Å². The number of carbonyl (C=O) groups is 1. The van der Waals surface area contributed by atoms with E-state index in [1.807, 2.05) is 48.3 Å². The van der Waals surface area contributed by atoms with Crippen molar-refractivity contribution < 1.29 is 9.53 Å². The number of carbonyl (C=O) groups excluding carboxylic acids is 1. The first-order chi connectivity index (χ1) is 13.7. The lowest BCUT2D eigenvalue weighted by atomic mass is 10.2. The van der Waals surface area contributed by atoms with E-state index in [1.54, 1.807) is 25.7 Å². The van der Waals surface area contributed by atoms with Gasteiger partial charge >= 0.3 is 0 Å². The van der Waals surface area contributed by atoms with Gasteiger partial charge in [-0.2, -0.15) is 0 Å². The van der Waals surface area contributed by atoms with Crippen LogP contribution in [0.5, 0.6) is 5.75 Å². The van der Waals surface area contributed by atoms with Gasteiger partial charge < -0.3 is 15.0 Å². The molecule has 0 aliphatic rings. The molecule has 28 heavy (non-hydrogen) atoms. The number of hydrogen-bond donors (Lipinski definition) is 1. The summed E-state index contributed by atoms with van der Waals surface area (Å²) in [6.07, 6.45) is 7.57. The Morgan fingerprint density at radius 2 is 1.79 bits per heavy atom. The lowest BCUT2D eigenvalue weighted by Crippen LogP contribution is -2.25. The predicted octanol–water partition coefficient (Wildman–Crippen LogP) is 2.49. The number of likely N-dealkylation sites (N-methyl/N-ethyl adjacent to an activating group) is 1. The number of nitrogens with one attached hydrogen (secondary N) is 1. The SMILES string of the molecule is COc1ccc(CNC(=O)c2cnc(N(C)CCc3ccncc3)cn2)cc1. The average molecular weight is 377 g/mol. The van der Waals surface area contributed by atoms with Crippen LogP contribution in [0, 0.1) is 0 Å². The maximum absolute atomic E-state index is 12.3. The molecule has 0 fully saturated rings. The normalized spacial score (nSPS) is 10.4. The second-order valence-corrected chi connectivity index (χ2v) is 6.32. The largest absolute Gasteiger partial charge is 0.497 e. The van der Waals surface area contributed by atoms with Crippen LogP contribution in [-0.2, 0) is 13.0 Å². The quantitative estimate of drug-likeness (QED) is 0.650. The van der Waals surface area contributed by atoms with Crippen molar-refractivity contribution in [3.05, 3.63) is 78.0 Å². The number of benzene rings is 1. The fourth-order valence-corrected chi connectivity index (χ4v) is 2.61. The van der Waals surface area contributed by atoms with E-state index in [0.29, 0.717) is 12.2 Å². The first kappa shape index (κ1) is 19.3. The highest BCUT2D eigenvalue weighted by Gasteiger charge is 2.10. The zero-order chi connectivity index (χ0) is 19.8. The highest BCUT2D eigenvalue weighted by Crippen LogP contribution is 2.12. The molecule has 1 aromatic carbocycles. The van der Waals surface area contributed by atoms with Crippen LogP contribution in [0.2, 0.25) is 0 Å². The minimum Gasteiger partial charge on any atom is -0.497 e. The van der Waals surface area contributed by atoms with Gasteiger partial charge in [-0.05, 0) is 41.8 Å². The molecule has 0 unspecified atom stereocenters.